The van der Waals surface area contributed by atoms with Crippen LogP contribution >= 0.6 is 11.6 Å². The van der Waals surface area contributed by atoms with Gasteiger partial charge in [0.25, 0.3) is 0 Å². The van der Waals surface area contributed by atoms with Gasteiger partial charge in [-0.05, 0) is 42.5 Å². The number of rotatable bonds is 3. The molecule has 8 heteroatoms. The van der Waals surface area contributed by atoms with Crippen LogP contribution in [0, 0.1) is 5.92 Å². The molecule has 1 atom stereocenters. The minimum Gasteiger partial charge on any atom is -0.326 e. The Morgan fingerprint density at radius 3 is 2.46 bits per heavy atom. The first-order valence-corrected chi connectivity index (χ1v) is 8.16. The normalized spacial score (nSPS) is 17.5. The molecule has 1 saturated heterocycles. The van der Waals surface area contributed by atoms with Crippen LogP contribution < -0.4 is 10.2 Å². The first kappa shape index (κ1) is 18.3. The van der Waals surface area contributed by atoms with Crippen molar-refractivity contribution in [3.63, 3.8) is 0 Å². The van der Waals surface area contributed by atoms with Gasteiger partial charge in [0.05, 0.1) is 11.5 Å². The zero-order valence-corrected chi connectivity index (χ0v) is 14.1. The minimum absolute atomic E-state index is 0.0268. The Labute approximate surface area is 152 Å². The van der Waals surface area contributed by atoms with Crippen molar-refractivity contribution in [2.75, 3.05) is 16.8 Å². The summed E-state index contributed by atoms with van der Waals surface area (Å²) in [5, 5.41) is 3.03. The van der Waals surface area contributed by atoms with Crippen molar-refractivity contribution in [2.45, 2.75) is 12.6 Å². The lowest BCUT2D eigenvalue weighted by Gasteiger charge is -2.17. The maximum Gasteiger partial charge on any atom is 0.416 e. The van der Waals surface area contributed by atoms with Crippen molar-refractivity contribution >= 4 is 34.8 Å². The van der Waals surface area contributed by atoms with Gasteiger partial charge in [-0.25, -0.2) is 0 Å². The van der Waals surface area contributed by atoms with E-state index in [-0.39, 0.29) is 24.6 Å². The first-order valence-electron chi connectivity index (χ1n) is 7.78. The van der Waals surface area contributed by atoms with Crippen LogP contribution in [0.5, 0.6) is 0 Å². The number of halogens is 4. The Morgan fingerprint density at radius 1 is 1.15 bits per heavy atom. The lowest BCUT2D eigenvalue weighted by atomic mass is 10.1. The number of carbonyl (C=O) groups excluding carboxylic acids is 2. The maximum atomic E-state index is 12.6. The number of alkyl halides is 3. The van der Waals surface area contributed by atoms with Crippen LogP contribution in [0.25, 0.3) is 0 Å². The molecule has 1 N–H and O–H groups in total. The molecule has 136 valence electrons. The van der Waals surface area contributed by atoms with Crippen LogP contribution in [-0.2, 0) is 15.8 Å². The second kappa shape index (κ2) is 6.99. The molecule has 4 nitrogen and oxygen atoms in total. The van der Waals surface area contributed by atoms with Gasteiger partial charge < -0.3 is 10.2 Å². The Hall–Kier alpha value is -2.54. The molecule has 0 saturated carbocycles. The molecule has 1 fully saturated rings. The summed E-state index contributed by atoms with van der Waals surface area (Å²) >= 11 is 5.92. The number of benzene rings is 2. The third kappa shape index (κ3) is 3.99. The summed E-state index contributed by atoms with van der Waals surface area (Å²) in [5.74, 6) is -1.22. The predicted octanol–water partition coefficient (Wildman–Crippen LogP) is 4.35. The van der Waals surface area contributed by atoms with E-state index < -0.39 is 23.6 Å². The number of hydrogen-bond acceptors (Lipinski definition) is 2. The van der Waals surface area contributed by atoms with Gasteiger partial charge in [-0.15, -0.1) is 0 Å². The summed E-state index contributed by atoms with van der Waals surface area (Å²) in [4.78, 5) is 26.0. The van der Waals surface area contributed by atoms with E-state index in [1.54, 1.807) is 24.3 Å². The smallest absolute Gasteiger partial charge is 0.326 e. The summed E-state index contributed by atoms with van der Waals surface area (Å²) in [7, 11) is 0. The predicted molar refractivity (Wildman–Crippen MR) is 92.0 cm³/mol. The second-order valence-corrected chi connectivity index (χ2v) is 6.39. The van der Waals surface area contributed by atoms with Crippen LogP contribution in [0.4, 0.5) is 24.5 Å². The molecule has 0 aromatic heterocycles. The fraction of sp³-hybridized carbons (Fsp3) is 0.222. The number of carbonyl (C=O) groups is 2. The molecule has 0 radical (unpaired) electrons. The molecule has 1 aliphatic rings. The Bertz CT molecular complexity index is 837. The summed E-state index contributed by atoms with van der Waals surface area (Å²) in [6, 6.07) is 10.9. The van der Waals surface area contributed by atoms with Crippen molar-refractivity contribution < 1.29 is 22.8 Å². The van der Waals surface area contributed by atoms with E-state index in [1.807, 2.05) is 0 Å². The molecule has 0 spiro atoms. The largest absolute Gasteiger partial charge is 0.416 e. The fourth-order valence-corrected chi connectivity index (χ4v) is 2.95. The summed E-state index contributed by atoms with van der Waals surface area (Å²) in [6.45, 7) is 0.186. The van der Waals surface area contributed by atoms with Gasteiger partial charge in [-0.2, -0.15) is 13.2 Å². The van der Waals surface area contributed by atoms with Crippen molar-refractivity contribution in [2.24, 2.45) is 5.92 Å². The van der Waals surface area contributed by atoms with E-state index in [0.29, 0.717) is 10.7 Å². The molecule has 2 amide bonds. The standard InChI is InChI=1S/C18H14ClF3N2O2/c19-13-2-1-3-15(9-13)24-10-11(8-16(24)25)17(26)23-14-6-4-12(5-7-14)18(20,21)22/h1-7,9,11H,8,10H2,(H,23,26). The zero-order chi connectivity index (χ0) is 18.9. The lowest BCUT2D eigenvalue weighted by Crippen LogP contribution is -2.28. The van der Waals surface area contributed by atoms with Gasteiger partial charge in [0.2, 0.25) is 11.8 Å². The van der Waals surface area contributed by atoms with Crippen LogP contribution in [0.1, 0.15) is 12.0 Å². The van der Waals surface area contributed by atoms with Gasteiger partial charge in [0.15, 0.2) is 0 Å². The molecule has 2 aromatic carbocycles. The summed E-state index contributed by atoms with van der Waals surface area (Å²) in [6.07, 6.45) is -4.41. The van der Waals surface area contributed by atoms with E-state index in [1.165, 1.54) is 17.0 Å². The Morgan fingerprint density at radius 2 is 1.85 bits per heavy atom. The molecule has 1 heterocycles. The zero-order valence-electron chi connectivity index (χ0n) is 13.4. The number of nitrogens with zero attached hydrogens (tertiary/aromatic N) is 1. The molecule has 0 bridgehead atoms. The molecule has 0 aliphatic carbocycles. The molecule has 3 rings (SSSR count). The van der Waals surface area contributed by atoms with Gasteiger partial charge in [0.1, 0.15) is 0 Å². The van der Waals surface area contributed by atoms with Crippen molar-refractivity contribution in [3.05, 3.63) is 59.1 Å². The number of amides is 2. The highest BCUT2D eigenvalue weighted by Crippen LogP contribution is 2.31. The van der Waals surface area contributed by atoms with Crippen LogP contribution in [0.15, 0.2) is 48.5 Å². The van der Waals surface area contributed by atoms with Crippen molar-refractivity contribution in [1.29, 1.82) is 0 Å². The van der Waals surface area contributed by atoms with Gasteiger partial charge in [0, 0.05) is 29.4 Å². The highest BCUT2D eigenvalue weighted by Gasteiger charge is 2.35. The average molecular weight is 383 g/mol. The van der Waals surface area contributed by atoms with Crippen LogP contribution in [0.2, 0.25) is 5.02 Å². The van der Waals surface area contributed by atoms with E-state index in [0.717, 1.165) is 12.1 Å². The molecular formula is C18H14ClF3N2O2. The molecule has 1 unspecified atom stereocenters. The SMILES string of the molecule is O=C(Nc1ccc(C(F)(F)F)cc1)C1CC(=O)N(c2cccc(Cl)c2)C1. The topological polar surface area (TPSA) is 49.4 Å². The van der Waals surface area contributed by atoms with E-state index in [2.05, 4.69) is 5.32 Å². The molecular weight excluding hydrogens is 369 g/mol. The molecule has 1 aliphatic heterocycles. The minimum atomic E-state index is -4.43. The number of nitrogens with one attached hydrogen (secondary N) is 1. The quantitative estimate of drug-likeness (QED) is 0.858. The van der Waals surface area contributed by atoms with Gasteiger partial charge in [-0.3, -0.25) is 9.59 Å². The van der Waals surface area contributed by atoms with Crippen LogP contribution in [-0.4, -0.2) is 18.4 Å². The third-order valence-corrected chi connectivity index (χ3v) is 4.33. The first-order chi connectivity index (χ1) is 12.2. The lowest BCUT2D eigenvalue weighted by molar-refractivity contribution is -0.137. The van der Waals surface area contributed by atoms with Crippen molar-refractivity contribution in [1.82, 2.24) is 0 Å². The fourth-order valence-electron chi connectivity index (χ4n) is 2.76. The summed E-state index contributed by atoms with van der Waals surface area (Å²) in [5.41, 5.74) is 0.0580. The van der Waals surface area contributed by atoms with Crippen molar-refractivity contribution in [3.8, 4) is 0 Å². The monoisotopic (exact) mass is 382 g/mol. The number of anilines is 2. The Kier molecular flexibility index (Phi) is 4.91. The Balaban J connectivity index is 1.67. The van der Waals surface area contributed by atoms with Gasteiger partial charge >= 0.3 is 6.18 Å². The van der Waals surface area contributed by atoms with E-state index in [9.17, 15) is 22.8 Å². The number of hydrogen-bond donors (Lipinski definition) is 1. The van der Waals surface area contributed by atoms with Gasteiger partial charge in [-0.1, -0.05) is 17.7 Å². The highest BCUT2D eigenvalue weighted by molar-refractivity contribution is 6.31. The molecule has 26 heavy (non-hydrogen) atoms. The van der Waals surface area contributed by atoms with E-state index in [4.69, 9.17) is 11.6 Å². The maximum absolute atomic E-state index is 12.6. The third-order valence-electron chi connectivity index (χ3n) is 4.10. The van der Waals surface area contributed by atoms with Crippen LogP contribution in [0.3, 0.4) is 0 Å². The molecule has 2 aromatic rings. The van der Waals surface area contributed by atoms with E-state index >= 15 is 0 Å². The summed E-state index contributed by atoms with van der Waals surface area (Å²) < 4.78 is 37.7. The second-order valence-electron chi connectivity index (χ2n) is 5.95. The average Bonchev–Trinajstić information content (AvgIpc) is 2.96. The highest BCUT2D eigenvalue weighted by atomic mass is 35.5.